The average molecular weight is 302 g/mol. The molecular formula is C15H12ClN3O2. The summed E-state index contributed by atoms with van der Waals surface area (Å²) in [6.45, 7) is 0.532. The van der Waals surface area contributed by atoms with Gasteiger partial charge in [-0.3, -0.25) is 0 Å². The van der Waals surface area contributed by atoms with Crippen molar-refractivity contribution in [1.82, 2.24) is 4.98 Å². The first-order chi connectivity index (χ1) is 10.1. The number of carbonyl (C=O) groups is 1. The lowest BCUT2D eigenvalue weighted by molar-refractivity contribution is 0.0697. The normalized spacial score (nSPS) is 9.90. The van der Waals surface area contributed by atoms with Gasteiger partial charge in [0, 0.05) is 12.7 Å². The van der Waals surface area contributed by atoms with Crippen LogP contribution in [0.5, 0.6) is 0 Å². The van der Waals surface area contributed by atoms with Crippen molar-refractivity contribution in [3.63, 3.8) is 0 Å². The van der Waals surface area contributed by atoms with Crippen molar-refractivity contribution >= 4 is 23.4 Å². The number of nitrogens with zero attached hydrogens (tertiary/aromatic N) is 2. The zero-order valence-corrected chi connectivity index (χ0v) is 11.8. The number of anilines is 1. The van der Waals surface area contributed by atoms with E-state index >= 15 is 0 Å². The van der Waals surface area contributed by atoms with Crippen LogP contribution in [0, 0.1) is 11.3 Å². The molecule has 0 fully saturated rings. The van der Waals surface area contributed by atoms with Crippen LogP contribution in [0.4, 0.5) is 5.82 Å². The zero-order chi connectivity index (χ0) is 15.2. The third-order valence-corrected chi connectivity index (χ3v) is 3.27. The van der Waals surface area contributed by atoms with Crippen LogP contribution in [0.2, 0.25) is 5.02 Å². The van der Waals surface area contributed by atoms with Crippen LogP contribution in [0.15, 0.2) is 36.5 Å². The van der Waals surface area contributed by atoms with Crippen LogP contribution in [0.25, 0.3) is 0 Å². The largest absolute Gasteiger partial charge is 0.478 e. The number of carboxylic acid groups (broad SMARTS) is 1. The second-order valence-corrected chi connectivity index (χ2v) is 4.69. The average Bonchev–Trinajstić information content (AvgIpc) is 2.49. The minimum absolute atomic E-state index is 0.259. The van der Waals surface area contributed by atoms with Crippen LogP contribution >= 0.6 is 11.6 Å². The molecule has 0 spiro atoms. The van der Waals surface area contributed by atoms with Crippen LogP contribution in [0.3, 0.4) is 0 Å². The lowest BCUT2D eigenvalue weighted by atomic mass is 10.1. The summed E-state index contributed by atoms with van der Waals surface area (Å²) >= 11 is 6.03. The number of rotatable bonds is 5. The maximum absolute atomic E-state index is 10.9. The van der Waals surface area contributed by atoms with Gasteiger partial charge in [-0.1, -0.05) is 23.7 Å². The van der Waals surface area contributed by atoms with Gasteiger partial charge in [-0.2, -0.15) is 5.26 Å². The monoisotopic (exact) mass is 301 g/mol. The summed E-state index contributed by atoms with van der Waals surface area (Å²) in [4.78, 5) is 15.0. The molecule has 0 aliphatic carbocycles. The van der Waals surface area contributed by atoms with Crippen molar-refractivity contribution in [1.29, 1.82) is 5.26 Å². The smallest absolute Gasteiger partial charge is 0.335 e. The first-order valence-corrected chi connectivity index (χ1v) is 6.60. The Balaban J connectivity index is 2.01. The molecule has 0 saturated carbocycles. The zero-order valence-electron chi connectivity index (χ0n) is 11.0. The molecule has 0 aliphatic heterocycles. The quantitative estimate of drug-likeness (QED) is 0.886. The SMILES string of the molecule is N#Cc1ccnc(NCCc2cccc(C(=O)O)c2)c1Cl. The molecule has 106 valence electrons. The van der Waals surface area contributed by atoms with Crippen LogP contribution < -0.4 is 5.32 Å². The van der Waals surface area contributed by atoms with E-state index in [4.69, 9.17) is 22.0 Å². The van der Waals surface area contributed by atoms with Crippen molar-refractivity contribution in [2.45, 2.75) is 6.42 Å². The highest BCUT2D eigenvalue weighted by Gasteiger charge is 2.07. The number of aromatic nitrogens is 1. The van der Waals surface area contributed by atoms with Gasteiger partial charge in [0.15, 0.2) is 0 Å². The van der Waals surface area contributed by atoms with E-state index in [0.717, 1.165) is 5.56 Å². The molecule has 2 rings (SSSR count). The summed E-state index contributed by atoms with van der Waals surface area (Å²) in [7, 11) is 0. The summed E-state index contributed by atoms with van der Waals surface area (Å²) in [6, 6.07) is 10.3. The highest BCUT2D eigenvalue weighted by atomic mass is 35.5. The summed E-state index contributed by atoms with van der Waals surface area (Å²) in [5, 5.41) is 21.2. The molecule has 21 heavy (non-hydrogen) atoms. The molecule has 1 heterocycles. The molecule has 0 unspecified atom stereocenters. The fourth-order valence-electron chi connectivity index (χ4n) is 1.84. The number of nitrogens with one attached hydrogen (secondary N) is 1. The van der Waals surface area contributed by atoms with Crippen LogP contribution in [0.1, 0.15) is 21.5 Å². The Labute approximate surface area is 126 Å². The molecule has 1 aromatic heterocycles. The van der Waals surface area contributed by atoms with Crippen molar-refractivity contribution in [2.24, 2.45) is 0 Å². The van der Waals surface area contributed by atoms with Gasteiger partial charge in [0.2, 0.25) is 0 Å². The van der Waals surface area contributed by atoms with Gasteiger partial charge in [0.1, 0.15) is 16.9 Å². The first-order valence-electron chi connectivity index (χ1n) is 6.22. The van der Waals surface area contributed by atoms with E-state index in [1.54, 1.807) is 24.3 Å². The Kier molecular flexibility index (Phi) is 4.75. The number of nitriles is 1. The number of hydrogen-bond acceptors (Lipinski definition) is 4. The summed E-state index contributed by atoms with van der Waals surface area (Å²) in [5.41, 5.74) is 1.52. The topological polar surface area (TPSA) is 86.0 Å². The van der Waals surface area contributed by atoms with Gasteiger partial charge in [-0.15, -0.1) is 0 Å². The van der Waals surface area contributed by atoms with Gasteiger partial charge in [-0.25, -0.2) is 9.78 Å². The Morgan fingerprint density at radius 3 is 2.95 bits per heavy atom. The minimum Gasteiger partial charge on any atom is -0.478 e. The maximum Gasteiger partial charge on any atom is 0.335 e. The Bertz CT molecular complexity index is 710. The molecular weight excluding hydrogens is 290 g/mol. The lowest BCUT2D eigenvalue weighted by Crippen LogP contribution is -2.08. The van der Waals surface area contributed by atoms with E-state index in [1.807, 2.05) is 12.1 Å². The lowest BCUT2D eigenvalue weighted by Gasteiger charge is -2.08. The third-order valence-electron chi connectivity index (χ3n) is 2.89. The van der Waals surface area contributed by atoms with E-state index < -0.39 is 5.97 Å². The predicted octanol–water partition coefficient (Wildman–Crippen LogP) is 2.96. The summed E-state index contributed by atoms with van der Waals surface area (Å²) < 4.78 is 0. The van der Waals surface area contributed by atoms with Crippen LogP contribution in [-0.2, 0) is 6.42 Å². The van der Waals surface area contributed by atoms with Gasteiger partial charge in [0.25, 0.3) is 0 Å². The predicted molar refractivity (Wildman–Crippen MR) is 79.6 cm³/mol. The molecule has 0 amide bonds. The van der Waals surface area contributed by atoms with Crippen molar-refractivity contribution in [2.75, 3.05) is 11.9 Å². The molecule has 0 radical (unpaired) electrons. The summed E-state index contributed by atoms with van der Waals surface area (Å²) in [5.74, 6) is -0.499. The molecule has 2 aromatic rings. The van der Waals surface area contributed by atoms with Gasteiger partial charge in [0.05, 0.1) is 11.1 Å². The Morgan fingerprint density at radius 1 is 1.43 bits per heavy atom. The molecule has 1 aromatic carbocycles. The number of halogens is 1. The van der Waals surface area contributed by atoms with Crippen LogP contribution in [-0.4, -0.2) is 22.6 Å². The molecule has 0 atom stereocenters. The van der Waals surface area contributed by atoms with E-state index in [1.165, 1.54) is 6.20 Å². The Morgan fingerprint density at radius 2 is 2.24 bits per heavy atom. The fourth-order valence-corrected chi connectivity index (χ4v) is 2.06. The molecule has 0 bridgehead atoms. The van der Waals surface area contributed by atoms with Crippen molar-refractivity contribution in [3.05, 3.63) is 58.2 Å². The summed E-state index contributed by atoms with van der Waals surface area (Å²) in [6.07, 6.45) is 2.13. The maximum atomic E-state index is 10.9. The first kappa shape index (κ1) is 14.8. The van der Waals surface area contributed by atoms with E-state index in [0.29, 0.717) is 29.4 Å². The fraction of sp³-hybridized carbons (Fsp3) is 0.133. The van der Waals surface area contributed by atoms with E-state index in [-0.39, 0.29) is 5.56 Å². The Hall–Kier alpha value is -2.58. The third kappa shape index (κ3) is 3.71. The second kappa shape index (κ2) is 6.73. The van der Waals surface area contributed by atoms with Gasteiger partial charge < -0.3 is 10.4 Å². The van der Waals surface area contributed by atoms with Gasteiger partial charge in [-0.05, 0) is 30.2 Å². The van der Waals surface area contributed by atoms with E-state index in [2.05, 4.69) is 10.3 Å². The molecule has 5 nitrogen and oxygen atoms in total. The van der Waals surface area contributed by atoms with Crippen molar-refractivity contribution < 1.29 is 9.90 Å². The highest BCUT2D eigenvalue weighted by molar-refractivity contribution is 6.34. The number of hydrogen-bond donors (Lipinski definition) is 2. The number of aromatic carboxylic acids is 1. The number of benzene rings is 1. The molecule has 0 saturated heterocycles. The standard InChI is InChI=1S/C15H12ClN3O2/c16-13-12(9-17)5-7-19-14(13)18-6-4-10-2-1-3-11(8-10)15(20)21/h1-3,5,7-8H,4,6H2,(H,18,19)(H,20,21). The minimum atomic E-state index is -0.948. The molecule has 0 aliphatic rings. The number of carboxylic acids is 1. The van der Waals surface area contributed by atoms with Gasteiger partial charge >= 0.3 is 5.97 Å². The van der Waals surface area contributed by atoms with E-state index in [9.17, 15) is 4.79 Å². The van der Waals surface area contributed by atoms with Crippen molar-refractivity contribution in [3.8, 4) is 6.07 Å². The second-order valence-electron chi connectivity index (χ2n) is 4.32. The molecule has 2 N–H and O–H groups in total. The number of pyridine rings is 1. The highest BCUT2D eigenvalue weighted by Crippen LogP contribution is 2.22. The molecule has 6 heteroatoms.